The van der Waals surface area contributed by atoms with Gasteiger partial charge in [-0.25, -0.2) is 4.98 Å². The first kappa shape index (κ1) is 14.8. The molecular formula is C17H16ClN3O. The summed E-state index contributed by atoms with van der Waals surface area (Å²) in [7, 11) is 0. The fraction of sp³-hybridized carbons (Fsp3) is 0.176. The van der Waals surface area contributed by atoms with Crippen molar-refractivity contribution in [2.75, 3.05) is 0 Å². The standard InChI is InChI=1S/C17H16ClN3O/c1-12(14-6-2-3-7-15(14)18)19-11-13-10-17(22)21-9-5-4-8-16(21)20-13/h2-10,12,19H,11H2,1H3. The Hall–Kier alpha value is -2.17. The van der Waals surface area contributed by atoms with E-state index in [0.29, 0.717) is 12.2 Å². The zero-order valence-corrected chi connectivity index (χ0v) is 12.9. The zero-order valence-electron chi connectivity index (χ0n) is 12.2. The van der Waals surface area contributed by atoms with Gasteiger partial charge in [0.1, 0.15) is 5.65 Å². The Labute approximate surface area is 133 Å². The number of fused-ring (bicyclic) bond motifs is 1. The molecule has 112 valence electrons. The smallest absolute Gasteiger partial charge is 0.258 e. The van der Waals surface area contributed by atoms with Gasteiger partial charge in [-0.15, -0.1) is 0 Å². The number of nitrogens with zero attached hydrogens (tertiary/aromatic N) is 2. The van der Waals surface area contributed by atoms with Crippen LogP contribution in [0.5, 0.6) is 0 Å². The molecule has 0 aliphatic carbocycles. The number of rotatable bonds is 4. The molecule has 0 radical (unpaired) electrons. The highest BCUT2D eigenvalue weighted by molar-refractivity contribution is 6.31. The van der Waals surface area contributed by atoms with Crippen molar-refractivity contribution in [2.24, 2.45) is 0 Å². The summed E-state index contributed by atoms with van der Waals surface area (Å²) < 4.78 is 1.53. The van der Waals surface area contributed by atoms with E-state index in [0.717, 1.165) is 16.3 Å². The maximum Gasteiger partial charge on any atom is 0.258 e. The molecule has 1 unspecified atom stereocenters. The highest BCUT2D eigenvalue weighted by Crippen LogP contribution is 2.22. The molecule has 5 heteroatoms. The molecule has 0 fully saturated rings. The lowest BCUT2D eigenvalue weighted by molar-refractivity contribution is 0.567. The third-order valence-corrected chi connectivity index (χ3v) is 3.93. The average Bonchev–Trinajstić information content (AvgIpc) is 2.53. The van der Waals surface area contributed by atoms with Crippen molar-refractivity contribution in [1.29, 1.82) is 0 Å². The van der Waals surface area contributed by atoms with Crippen LogP contribution in [0.25, 0.3) is 5.65 Å². The van der Waals surface area contributed by atoms with Gasteiger partial charge in [0.2, 0.25) is 0 Å². The van der Waals surface area contributed by atoms with Gasteiger partial charge < -0.3 is 5.32 Å². The molecule has 2 heterocycles. The van der Waals surface area contributed by atoms with Gasteiger partial charge in [0.25, 0.3) is 5.56 Å². The van der Waals surface area contributed by atoms with Gasteiger partial charge >= 0.3 is 0 Å². The molecule has 3 rings (SSSR count). The average molecular weight is 314 g/mol. The fourth-order valence-electron chi connectivity index (χ4n) is 2.39. The second kappa shape index (κ2) is 6.30. The van der Waals surface area contributed by atoms with E-state index in [1.807, 2.05) is 49.4 Å². The lowest BCUT2D eigenvalue weighted by atomic mass is 10.1. The highest BCUT2D eigenvalue weighted by atomic mass is 35.5. The number of hydrogen-bond acceptors (Lipinski definition) is 3. The van der Waals surface area contributed by atoms with E-state index in [1.54, 1.807) is 12.3 Å². The normalized spacial score (nSPS) is 12.5. The van der Waals surface area contributed by atoms with Crippen LogP contribution in [-0.2, 0) is 6.54 Å². The summed E-state index contributed by atoms with van der Waals surface area (Å²) in [6.45, 7) is 2.54. The van der Waals surface area contributed by atoms with E-state index in [9.17, 15) is 4.79 Å². The SMILES string of the molecule is CC(NCc1cc(=O)n2ccccc2n1)c1ccccc1Cl. The maximum absolute atomic E-state index is 12.0. The quantitative estimate of drug-likeness (QED) is 0.804. The van der Waals surface area contributed by atoms with Crippen molar-refractivity contribution >= 4 is 17.2 Å². The lowest BCUT2D eigenvalue weighted by Crippen LogP contribution is -2.22. The summed E-state index contributed by atoms with van der Waals surface area (Å²) in [6.07, 6.45) is 1.72. The maximum atomic E-state index is 12.0. The second-order valence-electron chi connectivity index (χ2n) is 5.14. The molecule has 4 nitrogen and oxygen atoms in total. The van der Waals surface area contributed by atoms with Crippen LogP contribution in [0.2, 0.25) is 5.02 Å². The van der Waals surface area contributed by atoms with Gasteiger partial charge in [0, 0.05) is 29.9 Å². The molecule has 1 atom stereocenters. The summed E-state index contributed by atoms with van der Waals surface area (Å²) in [5, 5.41) is 4.08. The molecule has 0 aliphatic heterocycles. The topological polar surface area (TPSA) is 46.4 Å². The molecule has 0 saturated heterocycles. The van der Waals surface area contributed by atoms with E-state index < -0.39 is 0 Å². The molecule has 0 spiro atoms. The van der Waals surface area contributed by atoms with Crippen molar-refractivity contribution in [2.45, 2.75) is 19.5 Å². The van der Waals surface area contributed by atoms with Crippen molar-refractivity contribution in [1.82, 2.24) is 14.7 Å². The minimum atomic E-state index is -0.0761. The van der Waals surface area contributed by atoms with Crippen molar-refractivity contribution in [3.8, 4) is 0 Å². The third kappa shape index (κ3) is 3.03. The molecule has 0 bridgehead atoms. The van der Waals surface area contributed by atoms with E-state index in [4.69, 9.17) is 11.6 Å². The van der Waals surface area contributed by atoms with Crippen LogP contribution in [0.15, 0.2) is 59.5 Å². The Balaban J connectivity index is 1.79. The second-order valence-corrected chi connectivity index (χ2v) is 5.55. The van der Waals surface area contributed by atoms with Crippen LogP contribution in [0.3, 0.4) is 0 Å². The Morgan fingerprint density at radius 3 is 2.82 bits per heavy atom. The summed E-state index contributed by atoms with van der Waals surface area (Å²) in [5.74, 6) is 0. The van der Waals surface area contributed by atoms with Crippen LogP contribution in [-0.4, -0.2) is 9.38 Å². The Morgan fingerprint density at radius 2 is 2.00 bits per heavy atom. The van der Waals surface area contributed by atoms with Crippen LogP contribution < -0.4 is 10.9 Å². The molecule has 1 N–H and O–H groups in total. The molecular weight excluding hydrogens is 298 g/mol. The van der Waals surface area contributed by atoms with Crippen LogP contribution in [0.4, 0.5) is 0 Å². The van der Waals surface area contributed by atoms with Crippen molar-refractivity contribution < 1.29 is 0 Å². The summed E-state index contributed by atoms with van der Waals surface area (Å²) >= 11 is 6.20. The Kier molecular flexibility index (Phi) is 4.22. The van der Waals surface area contributed by atoms with Gasteiger partial charge in [0.15, 0.2) is 0 Å². The summed E-state index contributed by atoms with van der Waals surface area (Å²) in [4.78, 5) is 16.5. The number of aromatic nitrogens is 2. The molecule has 3 aromatic rings. The van der Waals surface area contributed by atoms with Gasteiger partial charge in [-0.2, -0.15) is 0 Å². The summed E-state index contributed by atoms with van der Waals surface area (Å²) in [6, 6.07) is 14.9. The first-order valence-corrected chi connectivity index (χ1v) is 7.48. The number of halogens is 1. The van der Waals surface area contributed by atoms with E-state index in [-0.39, 0.29) is 11.6 Å². The molecule has 22 heavy (non-hydrogen) atoms. The lowest BCUT2D eigenvalue weighted by Gasteiger charge is -2.15. The molecule has 1 aromatic carbocycles. The van der Waals surface area contributed by atoms with Gasteiger partial charge in [0.05, 0.1) is 5.69 Å². The first-order chi connectivity index (χ1) is 10.6. The van der Waals surface area contributed by atoms with Gasteiger partial charge in [-0.1, -0.05) is 35.9 Å². The largest absolute Gasteiger partial charge is 0.305 e. The Morgan fingerprint density at radius 1 is 1.23 bits per heavy atom. The number of pyridine rings is 1. The van der Waals surface area contributed by atoms with Crippen LogP contribution in [0, 0.1) is 0 Å². The van der Waals surface area contributed by atoms with E-state index in [2.05, 4.69) is 10.3 Å². The predicted octanol–water partition coefficient (Wildman–Crippen LogP) is 3.20. The third-order valence-electron chi connectivity index (χ3n) is 3.59. The fourth-order valence-corrected chi connectivity index (χ4v) is 2.69. The van der Waals surface area contributed by atoms with E-state index >= 15 is 0 Å². The molecule has 0 amide bonds. The van der Waals surface area contributed by atoms with E-state index in [1.165, 1.54) is 4.40 Å². The summed E-state index contributed by atoms with van der Waals surface area (Å²) in [5.41, 5.74) is 2.32. The number of nitrogens with one attached hydrogen (secondary N) is 1. The number of benzene rings is 1. The highest BCUT2D eigenvalue weighted by Gasteiger charge is 2.09. The van der Waals surface area contributed by atoms with Gasteiger partial charge in [-0.3, -0.25) is 9.20 Å². The van der Waals surface area contributed by atoms with Crippen molar-refractivity contribution in [3.05, 3.63) is 81.4 Å². The minimum Gasteiger partial charge on any atom is -0.305 e. The minimum absolute atomic E-state index is 0.0738. The van der Waals surface area contributed by atoms with Gasteiger partial charge in [-0.05, 0) is 30.7 Å². The van der Waals surface area contributed by atoms with Crippen LogP contribution in [0.1, 0.15) is 24.2 Å². The first-order valence-electron chi connectivity index (χ1n) is 7.10. The molecule has 2 aromatic heterocycles. The van der Waals surface area contributed by atoms with Crippen molar-refractivity contribution in [3.63, 3.8) is 0 Å². The number of hydrogen-bond donors (Lipinski definition) is 1. The van der Waals surface area contributed by atoms with Crippen LogP contribution >= 0.6 is 11.6 Å². The zero-order chi connectivity index (χ0) is 15.5. The monoisotopic (exact) mass is 313 g/mol. The predicted molar refractivity (Wildman–Crippen MR) is 88.2 cm³/mol. The molecule has 0 aliphatic rings. The Bertz CT molecular complexity index is 860. The molecule has 0 saturated carbocycles.